The quantitative estimate of drug-likeness (QED) is 0.638. The minimum atomic E-state index is -0.138. The Morgan fingerprint density at radius 1 is 1.67 bits per heavy atom. The summed E-state index contributed by atoms with van der Waals surface area (Å²) in [5.74, 6) is 0. The van der Waals surface area contributed by atoms with Crippen molar-refractivity contribution in [3.8, 4) is 0 Å². The fourth-order valence-corrected chi connectivity index (χ4v) is 1.54. The van der Waals surface area contributed by atoms with Crippen LogP contribution in [0.4, 0.5) is 0 Å². The number of nitrogens with one attached hydrogen (secondary N) is 1. The van der Waals surface area contributed by atoms with Gasteiger partial charge in [0.2, 0.25) is 0 Å². The molecule has 0 spiro atoms. The molecule has 0 aliphatic carbocycles. The smallest absolute Gasteiger partial charge is 0.0838 e. The van der Waals surface area contributed by atoms with Crippen LogP contribution >= 0.6 is 0 Å². The Labute approximate surface area is 76.0 Å². The number of likely N-dealkylation sites (N-methyl/N-ethyl adjacent to an activating group) is 1. The summed E-state index contributed by atoms with van der Waals surface area (Å²) >= 11 is 0. The van der Waals surface area contributed by atoms with E-state index in [1.54, 1.807) is 7.11 Å². The lowest BCUT2D eigenvalue weighted by atomic mass is 9.89. The lowest BCUT2D eigenvalue weighted by molar-refractivity contribution is -0.0172. The Kier molecular flexibility index (Phi) is 4.50. The predicted octanol–water partition coefficient (Wildman–Crippen LogP) is 1.97. The molecule has 0 rings (SSSR count). The first-order chi connectivity index (χ1) is 5.51. The molecular weight excluding hydrogens is 150 g/mol. The van der Waals surface area contributed by atoms with E-state index in [0.29, 0.717) is 0 Å². The van der Waals surface area contributed by atoms with Gasteiger partial charge in [0, 0.05) is 7.11 Å². The van der Waals surface area contributed by atoms with E-state index in [1.807, 2.05) is 14.0 Å². The van der Waals surface area contributed by atoms with Crippen LogP contribution in [-0.2, 0) is 4.74 Å². The van der Waals surface area contributed by atoms with Crippen LogP contribution in [0.15, 0.2) is 12.2 Å². The first-order valence-electron chi connectivity index (χ1n) is 4.39. The normalized spacial score (nSPS) is 18.4. The monoisotopic (exact) mass is 171 g/mol. The van der Waals surface area contributed by atoms with Crippen LogP contribution in [0.2, 0.25) is 0 Å². The number of hydrogen-bond donors (Lipinski definition) is 1. The van der Waals surface area contributed by atoms with Crippen molar-refractivity contribution in [2.45, 2.75) is 38.8 Å². The van der Waals surface area contributed by atoms with Gasteiger partial charge in [-0.1, -0.05) is 19.1 Å². The fourth-order valence-electron chi connectivity index (χ4n) is 1.54. The maximum absolute atomic E-state index is 5.48. The topological polar surface area (TPSA) is 21.3 Å². The van der Waals surface area contributed by atoms with Gasteiger partial charge in [-0.05, 0) is 27.3 Å². The minimum absolute atomic E-state index is 0.138. The zero-order valence-electron chi connectivity index (χ0n) is 8.90. The van der Waals surface area contributed by atoms with Crippen molar-refractivity contribution >= 4 is 0 Å². The Hall–Kier alpha value is -0.340. The summed E-state index contributed by atoms with van der Waals surface area (Å²) in [7, 11) is 3.68. The van der Waals surface area contributed by atoms with Crippen molar-refractivity contribution in [3.63, 3.8) is 0 Å². The second-order valence-corrected chi connectivity index (χ2v) is 3.44. The average Bonchev–Trinajstić information content (AvgIpc) is 2.04. The molecule has 2 nitrogen and oxygen atoms in total. The summed E-state index contributed by atoms with van der Waals surface area (Å²) in [5.41, 5.74) is 0.976. The highest BCUT2D eigenvalue weighted by molar-refractivity contribution is 5.09. The number of hydrogen-bond acceptors (Lipinski definition) is 2. The molecule has 2 unspecified atom stereocenters. The molecule has 72 valence electrons. The van der Waals surface area contributed by atoms with Gasteiger partial charge in [-0.2, -0.15) is 0 Å². The zero-order chi connectivity index (χ0) is 9.78. The maximum Gasteiger partial charge on any atom is 0.0838 e. The molecule has 0 aliphatic rings. The Bertz CT molecular complexity index is 150. The summed E-state index contributed by atoms with van der Waals surface area (Å²) in [6.07, 6.45) is 0.974. The van der Waals surface area contributed by atoms with Crippen molar-refractivity contribution in [1.29, 1.82) is 0 Å². The second-order valence-electron chi connectivity index (χ2n) is 3.44. The largest absolute Gasteiger partial charge is 0.377 e. The molecule has 0 aliphatic heterocycles. The van der Waals surface area contributed by atoms with E-state index in [9.17, 15) is 0 Å². The third kappa shape index (κ3) is 2.32. The molecule has 0 saturated heterocycles. The summed E-state index contributed by atoms with van der Waals surface area (Å²) in [4.78, 5) is 0. The van der Waals surface area contributed by atoms with E-state index in [4.69, 9.17) is 4.74 Å². The minimum Gasteiger partial charge on any atom is -0.377 e. The predicted molar refractivity (Wildman–Crippen MR) is 53.4 cm³/mol. The van der Waals surface area contributed by atoms with Gasteiger partial charge in [-0.3, -0.25) is 0 Å². The van der Waals surface area contributed by atoms with Gasteiger partial charge in [-0.25, -0.2) is 0 Å². The fraction of sp³-hybridized carbons (Fsp3) is 0.800. The summed E-state index contributed by atoms with van der Waals surface area (Å²) < 4.78 is 5.48. The van der Waals surface area contributed by atoms with Crippen molar-refractivity contribution in [3.05, 3.63) is 12.2 Å². The molecule has 2 heteroatoms. The van der Waals surface area contributed by atoms with Crippen LogP contribution in [0.3, 0.4) is 0 Å². The first kappa shape index (κ1) is 11.7. The van der Waals surface area contributed by atoms with E-state index in [0.717, 1.165) is 12.0 Å². The Morgan fingerprint density at radius 3 is 2.25 bits per heavy atom. The molecule has 1 N–H and O–H groups in total. The lowest BCUT2D eigenvalue weighted by Gasteiger charge is -2.36. The molecule has 0 saturated carbocycles. The molecule has 2 atom stereocenters. The highest BCUT2D eigenvalue weighted by atomic mass is 16.5. The zero-order valence-corrected chi connectivity index (χ0v) is 8.90. The molecule has 0 bridgehead atoms. The Morgan fingerprint density at radius 2 is 2.17 bits per heavy atom. The SMILES string of the molecule is C=C(C)C(NC)C(C)(CC)OC. The van der Waals surface area contributed by atoms with Gasteiger partial charge in [0.05, 0.1) is 11.6 Å². The van der Waals surface area contributed by atoms with E-state index in [-0.39, 0.29) is 11.6 Å². The van der Waals surface area contributed by atoms with Crippen molar-refractivity contribution in [1.82, 2.24) is 5.32 Å². The number of ether oxygens (including phenoxy) is 1. The summed E-state index contributed by atoms with van der Waals surface area (Å²) in [6.45, 7) is 10.2. The van der Waals surface area contributed by atoms with Gasteiger partial charge in [0.25, 0.3) is 0 Å². The highest BCUT2D eigenvalue weighted by Gasteiger charge is 2.31. The molecule has 0 aromatic heterocycles. The summed E-state index contributed by atoms with van der Waals surface area (Å²) in [5, 5.41) is 3.22. The molecule has 0 radical (unpaired) electrons. The number of rotatable bonds is 5. The van der Waals surface area contributed by atoms with Gasteiger partial charge in [-0.15, -0.1) is 0 Å². The molecule has 0 aromatic rings. The molecular formula is C10H21NO. The third-order valence-corrected chi connectivity index (χ3v) is 2.56. The lowest BCUT2D eigenvalue weighted by Crippen LogP contribution is -2.48. The third-order valence-electron chi connectivity index (χ3n) is 2.56. The summed E-state index contributed by atoms with van der Waals surface area (Å²) in [6, 6.07) is 0.229. The molecule has 0 fully saturated rings. The van der Waals surface area contributed by atoms with E-state index in [2.05, 4.69) is 25.7 Å². The standard InChI is InChI=1S/C10H21NO/c1-7-10(4,12-6)9(11-5)8(2)3/h9,11H,2,7H2,1,3-6H3. The first-order valence-corrected chi connectivity index (χ1v) is 4.39. The Balaban J connectivity index is 4.54. The van der Waals surface area contributed by atoms with Crippen LogP contribution < -0.4 is 5.32 Å². The second kappa shape index (κ2) is 4.63. The molecule has 12 heavy (non-hydrogen) atoms. The average molecular weight is 171 g/mol. The van der Waals surface area contributed by atoms with Crippen LogP contribution in [-0.4, -0.2) is 25.8 Å². The van der Waals surface area contributed by atoms with Crippen molar-refractivity contribution in [2.24, 2.45) is 0 Å². The molecule has 0 heterocycles. The van der Waals surface area contributed by atoms with E-state index in [1.165, 1.54) is 0 Å². The van der Waals surface area contributed by atoms with Crippen LogP contribution in [0, 0.1) is 0 Å². The van der Waals surface area contributed by atoms with Gasteiger partial charge in [0.15, 0.2) is 0 Å². The molecule has 0 aromatic carbocycles. The highest BCUT2D eigenvalue weighted by Crippen LogP contribution is 2.22. The van der Waals surface area contributed by atoms with E-state index >= 15 is 0 Å². The van der Waals surface area contributed by atoms with Crippen molar-refractivity contribution < 1.29 is 4.74 Å². The van der Waals surface area contributed by atoms with Gasteiger partial charge < -0.3 is 10.1 Å². The van der Waals surface area contributed by atoms with Crippen molar-refractivity contribution in [2.75, 3.05) is 14.2 Å². The van der Waals surface area contributed by atoms with Crippen LogP contribution in [0.25, 0.3) is 0 Å². The van der Waals surface area contributed by atoms with Gasteiger partial charge in [0.1, 0.15) is 0 Å². The van der Waals surface area contributed by atoms with Crippen LogP contribution in [0.5, 0.6) is 0 Å². The van der Waals surface area contributed by atoms with E-state index < -0.39 is 0 Å². The molecule has 0 amide bonds. The van der Waals surface area contributed by atoms with Gasteiger partial charge >= 0.3 is 0 Å². The van der Waals surface area contributed by atoms with Crippen LogP contribution in [0.1, 0.15) is 27.2 Å². The maximum atomic E-state index is 5.48. The number of methoxy groups -OCH3 is 1.